The van der Waals surface area contributed by atoms with Gasteiger partial charge in [0.05, 0.1) is 27.6 Å². The summed E-state index contributed by atoms with van der Waals surface area (Å²) in [5.41, 5.74) is 0.670. The predicted octanol–water partition coefficient (Wildman–Crippen LogP) is 3.55. The van der Waals surface area contributed by atoms with Crippen molar-refractivity contribution >= 4 is 44.8 Å². The maximum absolute atomic E-state index is 12.7. The predicted molar refractivity (Wildman–Crippen MR) is 117 cm³/mol. The van der Waals surface area contributed by atoms with Crippen molar-refractivity contribution < 1.29 is 13.2 Å². The Labute approximate surface area is 182 Å². The third-order valence-electron chi connectivity index (χ3n) is 4.16. The molecule has 0 spiro atoms. The minimum atomic E-state index is -4.00. The van der Waals surface area contributed by atoms with Crippen molar-refractivity contribution in [2.45, 2.75) is 28.3 Å². The summed E-state index contributed by atoms with van der Waals surface area (Å²) in [6, 6.07) is 13.1. The number of benzene rings is 2. The Hall–Kier alpha value is -2.62. The average molecular weight is 464 g/mol. The first-order valence-electron chi connectivity index (χ1n) is 8.92. The molecule has 0 aliphatic carbocycles. The Balaban J connectivity index is 1.71. The van der Waals surface area contributed by atoms with E-state index in [0.29, 0.717) is 10.7 Å². The van der Waals surface area contributed by atoms with Crippen LogP contribution in [0.1, 0.15) is 12.5 Å². The molecule has 0 fully saturated rings. The third-order valence-corrected chi connectivity index (χ3v) is 7.14. The number of aromatic amines is 1. The van der Waals surface area contributed by atoms with Crippen LogP contribution in [0.15, 0.2) is 74.5 Å². The van der Waals surface area contributed by atoms with Gasteiger partial charge in [-0.05, 0) is 36.2 Å². The van der Waals surface area contributed by atoms with E-state index in [9.17, 15) is 18.0 Å². The lowest BCUT2D eigenvalue weighted by Gasteiger charge is -2.07. The highest BCUT2D eigenvalue weighted by molar-refractivity contribution is 7.99. The number of carbonyl (C=O) groups excluding carboxylic acids is 1. The lowest BCUT2D eigenvalue weighted by molar-refractivity contribution is -0.113. The number of aryl methyl sites for hydroxylation is 1. The number of hydrogen-bond donors (Lipinski definition) is 2. The molecule has 7 nitrogen and oxygen atoms in total. The second-order valence-electron chi connectivity index (χ2n) is 6.20. The quantitative estimate of drug-likeness (QED) is 0.409. The molecule has 0 aliphatic heterocycles. The average Bonchev–Trinajstić information content (AvgIpc) is 2.74. The molecule has 0 radical (unpaired) electrons. The molecule has 1 heterocycles. The van der Waals surface area contributed by atoms with Crippen LogP contribution in [0.5, 0.6) is 0 Å². The maximum Gasteiger partial charge on any atom is 0.270 e. The molecular weight excluding hydrogens is 446 g/mol. The fourth-order valence-corrected chi connectivity index (χ4v) is 4.60. The van der Waals surface area contributed by atoms with Crippen LogP contribution in [-0.4, -0.2) is 30.0 Å². The zero-order chi connectivity index (χ0) is 21.7. The van der Waals surface area contributed by atoms with E-state index in [0.717, 1.165) is 29.9 Å². The topological polar surface area (TPSA) is 109 Å². The molecule has 156 valence electrons. The molecular formula is C20H18ClN3O4S2. The first kappa shape index (κ1) is 22.1. The van der Waals surface area contributed by atoms with E-state index >= 15 is 0 Å². The van der Waals surface area contributed by atoms with Crippen LogP contribution in [-0.2, 0) is 21.1 Å². The van der Waals surface area contributed by atoms with Crippen LogP contribution in [0.2, 0.25) is 5.02 Å². The number of nitrogens with zero attached hydrogens (tertiary/aromatic N) is 1. The Kier molecular flexibility index (Phi) is 6.96. The van der Waals surface area contributed by atoms with Crippen LogP contribution in [0, 0.1) is 0 Å². The normalized spacial score (nSPS) is 11.3. The van der Waals surface area contributed by atoms with Crippen molar-refractivity contribution in [3.05, 3.63) is 75.7 Å². The molecule has 3 rings (SSSR count). The molecule has 0 aliphatic rings. The summed E-state index contributed by atoms with van der Waals surface area (Å²) in [5, 5.41) is 3.19. The van der Waals surface area contributed by atoms with E-state index in [1.54, 1.807) is 36.4 Å². The van der Waals surface area contributed by atoms with Crippen LogP contribution in [0.25, 0.3) is 0 Å². The van der Waals surface area contributed by atoms with Crippen LogP contribution >= 0.6 is 23.4 Å². The number of aromatic nitrogens is 2. The first-order valence-corrected chi connectivity index (χ1v) is 11.8. The van der Waals surface area contributed by atoms with E-state index in [2.05, 4.69) is 15.3 Å². The molecule has 0 saturated carbocycles. The summed E-state index contributed by atoms with van der Waals surface area (Å²) in [6.45, 7) is 1.96. The Morgan fingerprint density at radius 2 is 1.87 bits per heavy atom. The number of amides is 1. The minimum absolute atomic E-state index is 0.0199. The number of nitrogens with one attached hydrogen (secondary N) is 2. The lowest BCUT2D eigenvalue weighted by atomic mass is 10.2. The van der Waals surface area contributed by atoms with Crippen LogP contribution < -0.4 is 10.9 Å². The minimum Gasteiger partial charge on any atom is -0.324 e. The number of hydrogen-bond acceptors (Lipinski definition) is 6. The van der Waals surface area contributed by atoms with E-state index in [4.69, 9.17) is 11.6 Å². The molecule has 0 unspecified atom stereocenters. The summed E-state index contributed by atoms with van der Waals surface area (Å²) in [4.78, 5) is 30.4. The highest BCUT2D eigenvalue weighted by atomic mass is 35.5. The first-order chi connectivity index (χ1) is 14.3. The van der Waals surface area contributed by atoms with Gasteiger partial charge in [-0.15, -0.1) is 0 Å². The number of carbonyl (C=O) groups is 1. The lowest BCUT2D eigenvalue weighted by Crippen LogP contribution is -2.20. The molecule has 1 amide bonds. The largest absolute Gasteiger partial charge is 0.324 e. The molecule has 0 atom stereocenters. The van der Waals surface area contributed by atoms with E-state index in [1.165, 1.54) is 12.1 Å². The Morgan fingerprint density at radius 1 is 1.17 bits per heavy atom. The van der Waals surface area contributed by atoms with Gasteiger partial charge < -0.3 is 10.3 Å². The molecule has 10 heteroatoms. The number of rotatable bonds is 7. The van der Waals surface area contributed by atoms with Gasteiger partial charge in [-0.1, -0.05) is 54.6 Å². The van der Waals surface area contributed by atoms with Crippen molar-refractivity contribution in [1.29, 1.82) is 0 Å². The van der Waals surface area contributed by atoms with Gasteiger partial charge >= 0.3 is 0 Å². The number of anilines is 1. The number of thioether (sulfide) groups is 1. The zero-order valence-corrected chi connectivity index (χ0v) is 18.3. The van der Waals surface area contributed by atoms with E-state index < -0.39 is 20.3 Å². The Morgan fingerprint density at radius 3 is 2.50 bits per heavy atom. The van der Waals surface area contributed by atoms with Crippen molar-refractivity contribution in [2.75, 3.05) is 11.1 Å². The zero-order valence-electron chi connectivity index (χ0n) is 15.9. The summed E-state index contributed by atoms with van der Waals surface area (Å²) in [6.07, 6.45) is 1.79. The molecule has 3 aromatic rings. The molecule has 2 aromatic carbocycles. The summed E-state index contributed by atoms with van der Waals surface area (Å²) in [7, 11) is -4.00. The van der Waals surface area contributed by atoms with Gasteiger partial charge in [0.15, 0.2) is 10.1 Å². The molecule has 0 saturated heterocycles. The highest BCUT2D eigenvalue weighted by Crippen LogP contribution is 2.22. The van der Waals surface area contributed by atoms with Gasteiger partial charge in [0.25, 0.3) is 5.56 Å². The van der Waals surface area contributed by atoms with E-state index in [1.807, 2.05) is 6.92 Å². The fourth-order valence-electron chi connectivity index (χ4n) is 2.55. The van der Waals surface area contributed by atoms with Crippen molar-refractivity contribution in [3.8, 4) is 0 Å². The molecule has 1 aromatic heterocycles. The van der Waals surface area contributed by atoms with E-state index in [-0.39, 0.29) is 21.7 Å². The SMILES string of the molecule is CCc1ccc(S(=O)(=O)c2cnc(SCC(=O)Nc3ccccc3Cl)[nH]c2=O)cc1. The van der Waals surface area contributed by atoms with Crippen LogP contribution in [0.4, 0.5) is 5.69 Å². The number of sulfone groups is 1. The standard InChI is InChI=1S/C20H18ClN3O4S2/c1-2-13-7-9-14(10-8-13)30(27,28)17-11-22-20(24-19(17)26)29-12-18(25)23-16-6-4-3-5-15(16)21/h3-11H,2,12H2,1H3,(H,23,25)(H,22,24,26). The number of H-pyrrole nitrogens is 1. The van der Waals surface area contributed by atoms with Crippen LogP contribution in [0.3, 0.4) is 0 Å². The van der Waals surface area contributed by atoms with Gasteiger partial charge in [0.2, 0.25) is 15.7 Å². The summed E-state index contributed by atoms with van der Waals surface area (Å²) >= 11 is 6.97. The monoisotopic (exact) mass is 463 g/mol. The fraction of sp³-hybridized carbons (Fsp3) is 0.150. The summed E-state index contributed by atoms with van der Waals surface area (Å²) < 4.78 is 25.4. The van der Waals surface area contributed by atoms with Crippen molar-refractivity contribution in [3.63, 3.8) is 0 Å². The van der Waals surface area contributed by atoms with Gasteiger partial charge in [0.1, 0.15) is 0 Å². The van der Waals surface area contributed by atoms with Gasteiger partial charge in [-0.2, -0.15) is 0 Å². The second-order valence-corrected chi connectivity index (χ2v) is 9.49. The maximum atomic E-state index is 12.7. The van der Waals surface area contributed by atoms with Gasteiger partial charge in [-0.3, -0.25) is 9.59 Å². The van der Waals surface area contributed by atoms with Gasteiger partial charge in [0, 0.05) is 0 Å². The second kappa shape index (κ2) is 9.46. The molecule has 2 N–H and O–H groups in total. The van der Waals surface area contributed by atoms with Gasteiger partial charge in [-0.25, -0.2) is 13.4 Å². The highest BCUT2D eigenvalue weighted by Gasteiger charge is 2.22. The summed E-state index contributed by atoms with van der Waals surface area (Å²) in [5.74, 6) is -0.387. The number of para-hydroxylation sites is 1. The van der Waals surface area contributed by atoms with Crippen molar-refractivity contribution in [2.24, 2.45) is 0 Å². The molecule has 30 heavy (non-hydrogen) atoms. The van der Waals surface area contributed by atoms with Crippen molar-refractivity contribution in [1.82, 2.24) is 9.97 Å². The third kappa shape index (κ3) is 5.10. The molecule has 0 bridgehead atoms. The Bertz CT molecular complexity index is 1230. The smallest absolute Gasteiger partial charge is 0.270 e. The number of halogens is 1.